The van der Waals surface area contributed by atoms with Crippen molar-refractivity contribution in [3.63, 3.8) is 0 Å². The molecular weight excluding hydrogens is 322 g/mol. The highest BCUT2D eigenvalue weighted by Crippen LogP contribution is 2.25. The van der Waals surface area contributed by atoms with Crippen LogP contribution in [0.2, 0.25) is 0 Å². The third-order valence-corrected chi connectivity index (χ3v) is 5.10. The van der Waals surface area contributed by atoms with E-state index in [-0.39, 0.29) is 0 Å². The molecule has 1 aromatic heterocycles. The Morgan fingerprint density at radius 2 is 1.81 bits per heavy atom. The molecule has 0 fully saturated rings. The number of nitrogens with zero attached hydrogens (tertiary/aromatic N) is 3. The van der Waals surface area contributed by atoms with E-state index in [1.54, 1.807) is 0 Å². The Labute approximate surface area is 153 Å². The summed E-state index contributed by atoms with van der Waals surface area (Å²) in [5, 5.41) is 8.88. The summed E-state index contributed by atoms with van der Waals surface area (Å²) in [5.41, 5.74) is 6.84. The molecule has 0 aliphatic heterocycles. The van der Waals surface area contributed by atoms with Gasteiger partial charge in [-0.15, -0.1) is 5.10 Å². The van der Waals surface area contributed by atoms with Crippen LogP contribution in [0.3, 0.4) is 0 Å². The molecule has 2 aromatic carbocycles. The SMILES string of the molecule is O=CCc1ccc(Cc2ccccc2)cc1-n1nnc2c1CCCCC2. The second kappa shape index (κ2) is 7.65. The van der Waals surface area contributed by atoms with Crippen LogP contribution in [0.15, 0.2) is 48.5 Å². The molecule has 26 heavy (non-hydrogen) atoms. The first-order chi connectivity index (χ1) is 12.8. The minimum atomic E-state index is 0.398. The fraction of sp³-hybridized carbons (Fsp3) is 0.318. The minimum Gasteiger partial charge on any atom is -0.303 e. The molecule has 132 valence electrons. The number of carbonyl (C=O) groups excluding carboxylic acids is 1. The zero-order valence-electron chi connectivity index (χ0n) is 14.9. The number of rotatable bonds is 5. The summed E-state index contributed by atoms with van der Waals surface area (Å²) in [7, 11) is 0. The molecule has 3 aromatic rings. The highest BCUT2D eigenvalue weighted by atomic mass is 16.1. The van der Waals surface area contributed by atoms with Crippen LogP contribution < -0.4 is 0 Å². The van der Waals surface area contributed by atoms with Crippen molar-refractivity contribution in [3.8, 4) is 5.69 Å². The van der Waals surface area contributed by atoms with Gasteiger partial charge in [0.1, 0.15) is 6.29 Å². The number of benzene rings is 2. The molecule has 0 radical (unpaired) electrons. The van der Waals surface area contributed by atoms with Gasteiger partial charge in [0, 0.05) is 6.42 Å². The smallest absolute Gasteiger partial charge is 0.124 e. The van der Waals surface area contributed by atoms with Gasteiger partial charge in [-0.1, -0.05) is 54.1 Å². The lowest BCUT2D eigenvalue weighted by Gasteiger charge is -2.13. The Morgan fingerprint density at radius 3 is 2.65 bits per heavy atom. The van der Waals surface area contributed by atoms with Gasteiger partial charge in [-0.2, -0.15) is 0 Å². The molecule has 0 saturated carbocycles. The van der Waals surface area contributed by atoms with Gasteiger partial charge in [0.15, 0.2) is 0 Å². The first-order valence-corrected chi connectivity index (χ1v) is 9.38. The number of fused-ring (bicyclic) bond motifs is 1. The van der Waals surface area contributed by atoms with Gasteiger partial charge in [-0.25, -0.2) is 4.68 Å². The molecule has 0 atom stereocenters. The zero-order valence-corrected chi connectivity index (χ0v) is 14.9. The van der Waals surface area contributed by atoms with Crippen LogP contribution in [0.1, 0.15) is 47.3 Å². The number of hydrogen-bond acceptors (Lipinski definition) is 3. The van der Waals surface area contributed by atoms with E-state index in [0.29, 0.717) is 6.42 Å². The summed E-state index contributed by atoms with van der Waals surface area (Å²) in [6.07, 6.45) is 7.83. The quantitative estimate of drug-likeness (QED) is 0.521. The van der Waals surface area contributed by atoms with Crippen LogP contribution in [0.4, 0.5) is 0 Å². The van der Waals surface area contributed by atoms with Gasteiger partial charge in [-0.05, 0) is 54.9 Å². The van der Waals surface area contributed by atoms with Crippen molar-refractivity contribution in [2.24, 2.45) is 0 Å². The van der Waals surface area contributed by atoms with Crippen LogP contribution in [0.25, 0.3) is 5.69 Å². The topological polar surface area (TPSA) is 47.8 Å². The van der Waals surface area contributed by atoms with Crippen molar-refractivity contribution in [3.05, 3.63) is 76.6 Å². The lowest BCUT2D eigenvalue weighted by atomic mass is 10.0. The summed E-state index contributed by atoms with van der Waals surface area (Å²) in [4.78, 5) is 11.2. The molecule has 0 unspecified atom stereocenters. The number of aryl methyl sites for hydroxylation is 1. The molecule has 4 rings (SSSR count). The van der Waals surface area contributed by atoms with E-state index >= 15 is 0 Å². The molecule has 0 N–H and O–H groups in total. The Kier molecular flexibility index (Phi) is 4.91. The predicted molar refractivity (Wildman–Crippen MR) is 102 cm³/mol. The minimum absolute atomic E-state index is 0.398. The normalized spacial score (nSPS) is 13.8. The Bertz CT molecular complexity index is 899. The van der Waals surface area contributed by atoms with E-state index in [1.165, 1.54) is 36.1 Å². The highest BCUT2D eigenvalue weighted by Gasteiger charge is 2.18. The first kappa shape index (κ1) is 16.7. The second-order valence-corrected chi connectivity index (χ2v) is 6.95. The van der Waals surface area contributed by atoms with Crippen molar-refractivity contribution in [2.75, 3.05) is 0 Å². The summed E-state index contributed by atoms with van der Waals surface area (Å²) < 4.78 is 1.98. The maximum absolute atomic E-state index is 11.2. The Morgan fingerprint density at radius 1 is 0.962 bits per heavy atom. The molecule has 1 heterocycles. The maximum atomic E-state index is 11.2. The third-order valence-electron chi connectivity index (χ3n) is 5.10. The van der Waals surface area contributed by atoms with Gasteiger partial charge in [-0.3, -0.25) is 0 Å². The summed E-state index contributed by atoms with van der Waals surface area (Å²) in [5.74, 6) is 0. The number of aromatic nitrogens is 3. The van der Waals surface area contributed by atoms with Crippen LogP contribution in [0.5, 0.6) is 0 Å². The molecule has 1 aliphatic rings. The van der Waals surface area contributed by atoms with Gasteiger partial charge in [0.05, 0.1) is 17.1 Å². The molecule has 4 heteroatoms. The molecule has 0 spiro atoms. The van der Waals surface area contributed by atoms with Crippen LogP contribution in [-0.4, -0.2) is 21.3 Å². The van der Waals surface area contributed by atoms with Crippen molar-refractivity contribution in [2.45, 2.75) is 44.9 Å². The highest BCUT2D eigenvalue weighted by molar-refractivity contribution is 5.60. The summed E-state index contributed by atoms with van der Waals surface area (Å²) in [6.45, 7) is 0. The lowest BCUT2D eigenvalue weighted by molar-refractivity contribution is -0.107. The van der Waals surface area contributed by atoms with E-state index in [9.17, 15) is 4.79 Å². The maximum Gasteiger partial charge on any atom is 0.124 e. The Balaban J connectivity index is 1.75. The average molecular weight is 345 g/mol. The predicted octanol–water partition coefficient (Wildman–Crippen LogP) is 3.87. The van der Waals surface area contributed by atoms with E-state index in [2.05, 4.69) is 52.8 Å². The number of hydrogen-bond donors (Lipinski definition) is 0. The monoisotopic (exact) mass is 345 g/mol. The number of carbonyl (C=O) groups is 1. The fourth-order valence-corrected chi connectivity index (χ4v) is 3.74. The second-order valence-electron chi connectivity index (χ2n) is 6.95. The first-order valence-electron chi connectivity index (χ1n) is 9.38. The van der Waals surface area contributed by atoms with Crippen LogP contribution in [0, 0.1) is 0 Å². The Hall–Kier alpha value is -2.75. The van der Waals surface area contributed by atoms with E-state index in [1.807, 2.05) is 10.7 Å². The zero-order chi connectivity index (χ0) is 17.8. The van der Waals surface area contributed by atoms with E-state index in [4.69, 9.17) is 0 Å². The van der Waals surface area contributed by atoms with Crippen molar-refractivity contribution in [1.29, 1.82) is 0 Å². The lowest BCUT2D eigenvalue weighted by Crippen LogP contribution is -2.08. The van der Waals surface area contributed by atoms with Gasteiger partial charge in [0.25, 0.3) is 0 Å². The van der Waals surface area contributed by atoms with Crippen LogP contribution in [-0.2, 0) is 30.5 Å². The summed E-state index contributed by atoms with van der Waals surface area (Å²) in [6, 6.07) is 16.8. The van der Waals surface area contributed by atoms with Gasteiger partial charge < -0.3 is 4.79 Å². The fourth-order valence-electron chi connectivity index (χ4n) is 3.74. The molecule has 4 nitrogen and oxygen atoms in total. The van der Waals surface area contributed by atoms with E-state index in [0.717, 1.165) is 42.5 Å². The average Bonchev–Trinajstić information content (AvgIpc) is 2.92. The summed E-state index contributed by atoms with van der Waals surface area (Å²) >= 11 is 0. The standard InChI is InChI=1S/C22H23N3O/c26-14-13-19-12-11-18(15-17-7-3-1-4-8-17)16-22(19)25-21-10-6-2-5-9-20(21)23-24-25/h1,3-4,7-8,11-12,14,16H,2,5-6,9-10,13,15H2. The molecule has 0 saturated heterocycles. The molecular formula is C22H23N3O. The third kappa shape index (κ3) is 3.45. The van der Waals surface area contributed by atoms with Gasteiger partial charge >= 0.3 is 0 Å². The van der Waals surface area contributed by atoms with Crippen LogP contribution >= 0.6 is 0 Å². The van der Waals surface area contributed by atoms with Crippen molar-refractivity contribution >= 4 is 6.29 Å². The number of aldehydes is 1. The molecule has 0 bridgehead atoms. The van der Waals surface area contributed by atoms with E-state index < -0.39 is 0 Å². The largest absolute Gasteiger partial charge is 0.303 e. The van der Waals surface area contributed by atoms with Crippen molar-refractivity contribution in [1.82, 2.24) is 15.0 Å². The molecule has 1 aliphatic carbocycles. The van der Waals surface area contributed by atoms with Crippen molar-refractivity contribution < 1.29 is 4.79 Å². The van der Waals surface area contributed by atoms with Gasteiger partial charge in [0.2, 0.25) is 0 Å². The molecule has 0 amide bonds.